The van der Waals surface area contributed by atoms with Gasteiger partial charge >= 0.3 is 0 Å². The molecule has 0 bridgehead atoms. The molecule has 2 aromatic heterocycles. The first-order valence-corrected chi connectivity index (χ1v) is 11.1. The maximum Gasteiger partial charge on any atom is 0.246 e. The predicted molar refractivity (Wildman–Crippen MR) is 128 cm³/mol. The van der Waals surface area contributed by atoms with E-state index in [1.54, 1.807) is 19.4 Å². The number of rotatable bonds is 10. The Morgan fingerprint density at radius 2 is 1.91 bits per heavy atom. The van der Waals surface area contributed by atoms with E-state index in [2.05, 4.69) is 15.3 Å². The molecule has 1 atom stereocenters. The van der Waals surface area contributed by atoms with Gasteiger partial charge in [-0.2, -0.15) is 0 Å². The highest BCUT2D eigenvalue weighted by atomic mass is 16.5. The van der Waals surface area contributed by atoms with Gasteiger partial charge in [0.1, 0.15) is 28.5 Å². The number of aromatic nitrogens is 2. The highest BCUT2D eigenvalue weighted by molar-refractivity contribution is 5.77. The van der Waals surface area contributed by atoms with E-state index in [4.69, 9.17) is 18.6 Å². The number of nitrogens with zero attached hydrogens (tertiary/aromatic N) is 2. The lowest BCUT2D eigenvalue weighted by atomic mass is 10.1. The number of benzene rings is 2. The van der Waals surface area contributed by atoms with Crippen LogP contribution in [0.15, 0.2) is 65.2 Å². The summed E-state index contributed by atoms with van der Waals surface area (Å²) >= 11 is 0. The third kappa shape index (κ3) is 5.90. The van der Waals surface area contributed by atoms with Crippen LogP contribution in [0.1, 0.15) is 31.9 Å². The summed E-state index contributed by atoms with van der Waals surface area (Å²) in [6.07, 6.45) is 2.44. The van der Waals surface area contributed by atoms with Crippen molar-refractivity contribution in [3.05, 3.63) is 66.4 Å². The summed E-state index contributed by atoms with van der Waals surface area (Å²) in [5, 5.41) is 2.87. The number of methoxy groups -OCH3 is 1. The van der Waals surface area contributed by atoms with Crippen molar-refractivity contribution >= 4 is 17.0 Å². The highest BCUT2D eigenvalue weighted by Gasteiger charge is 2.13. The molecule has 0 aliphatic heterocycles. The second kappa shape index (κ2) is 10.8. The first-order valence-electron chi connectivity index (χ1n) is 11.1. The van der Waals surface area contributed by atoms with Crippen LogP contribution in [0, 0.1) is 0 Å². The van der Waals surface area contributed by atoms with Crippen molar-refractivity contribution in [1.82, 2.24) is 15.3 Å². The van der Waals surface area contributed by atoms with Crippen LogP contribution in [0.3, 0.4) is 0 Å². The zero-order valence-corrected chi connectivity index (χ0v) is 19.4. The van der Waals surface area contributed by atoms with Crippen LogP contribution in [-0.2, 0) is 9.53 Å². The van der Waals surface area contributed by atoms with Crippen LogP contribution in [0.5, 0.6) is 17.2 Å². The molecule has 34 heavy (non-hydrogen) atoms. The lowest BCUT2D eigenvalue weighted by molar-refractivity contribution is -0.119. The maximum atomic E-state index is 11.3. The average molecular weight is 462 g/mol. The highest BCUT2D eigenvalue weighted by Crippen LogP contribution is 2.28. The van der Waals surface area contributed by atoms with Crippen molar-refractivity contribution in [2.45, 2.75) is 26.3 Å². The molecule has 2 aromatic carbocycles. The Kier molecular flexibility index (Phi) is 7.39. The van der Waals surface area contributed by atoms with Gasteiger partial charge in [0.2, 0.25) is 11.8 Å². The lowest BCUT2D eigenvalue weighted by Crippen LogP contribution is -2.23. The Bertz CT molecular complexity index is 1250. The van der Waals surface area contributed by atoms with Gasteiger partial charge in [-0.25, -0.2) is 9.97 Å². The summed E-state index contributed by atoms with van der Waals surface area (Å²) in [7, 11) is 1.67. The van der Waals surface area contributed by atoms with Crippen molar-refractivity contribution in [1.29, 1.82) is 0 Å². The van der Waals surface area contributed by atoms with Gasteiger partial charge in [0.15, 0.2) is 5.58 Å². The van der Waals surface area contributed by atoms with Crippen molar-refractivity contribution in [3.8, 4) is 28.8 Å². The molecule has 8 nitrogen and oxygen atoms in total. The maximum absolute atomic E-state index is 11.3. The van der Waals surface area contributed by atoms with E-state index in [9.17, 15) is 4.79 Å². The Morgan fingerprint density at radius 1 is 1.06 bits per heavy atom. The van der Waals surface area contributed by atoms with Crippen LogP contribution in [0.4, 0.5) is 0 Å². The topological polar surface area (TPSA) is 95.7 Å². The summed E-state index contributed by atoms with van der Waals surface area (Å²) in [6.45, 7) is 4.65. The fourth-order valence-electron chi connectivity index (χ4n) is 3.43. The second-order valence-electron chi connectivity index (χ2n) is 7.82. The Labute approximate surface area is 197 Å². The first-order chi connectivity index (χ1) is 16.5. The minimum Gasteiger partial charge on any atom is -0.493 e. The number of carbonyl (C=O) groups is 1. The summed E-state index contributed by atoms with van der Waals surface area (Å²) in [6, 6.07) is 16.6. The molecular weight excluding hydrogens is 434 g/mol. The van der Waals surface area contributed by atoms with Gasteiger partial charge in [0.05, 0.1) is 18.8 Å². The molecule has 1 unspecified atom stereocenters. The number of ether oxygens (including phenoxy) is 3. The van der Waals surface area contributed by atoms with Gasteiger partial charge < -0.3 is 23.9 Å². The van der Waals surface area contributed by atoms with Crippen LogP contribution in [-0.4, -0.2) is 36.2 Å². The summed E-state index contributed by atoms with van der Waals surface area (Å²) in [5.74, 6) is 2.30. The molecule has 4 aromatic rings. The lowest BCUT2D eigenvalue weighted by Gasteiger charge is -2.12. The molecule has 0 fully saturated rings. The molecule has 0 aliphatic carbocycles. The summed E-state index contributed by atoms with van der Waals surface area (Å²) in [5.41, 5.74) is 2.88. The minimum absolute atomic E-state index is 0.0845. The van der Waals surface area contributed by atoms with Crippen molar-refractivity contribution < 1.29 is 23.4 Å². The molecule has 0 saturated carbocycles. The number of hydrogen-bond acceptors (Lipinski definition) is 7. The number of amides is 1. The van der Waals surface area contributed by atoms with Crippen LogP contribution in [0.2, 0.25) is 0 Å². The molecule has 2 heterocycles. The standard InChI is InChI=1S/C26H27N3O5/c1-17(28-18(2)30)19-8-10-23-25(14-19)34-26(29-23)24-11-9-22(16-27-24)33-21-7-4-6-20(15-21)32-13-5-12-31-3/h4,6-11,14-17H,5,12-13H2,1-3H3,(H,28,30). The van der Waals surface area contributed by atoms with E-state index >= 15 is 0 Å². The van der Waals surface area contributed by atoms with E-state index in [1.807, 2.05) is 55.5 Å². The predicted octanol–water partition coefficient (Wildman–Crippen LogP) is 5.29. The number of nitrogens with one attached hydrogen (secondary N) is 1. The van der Waals surface area contributed by atoms with Crippen LogP contribution in [0.25, 0.3) is 22.7 Å². The Morgan fingerprint density at radius 3 is 2.68 bits per heavy atom. The molecular formula is C26H27N3O5. The fraction of sp³-hybridized carbons (Fsp3) is 0.269. The van der Waals surface area contributed by atoms with Crippen molar-refractivity contribution in [2.24, 2.45) is 0 Å². The molecule has 1 amide bonds. The normalized spacial score (nSPS) is 11.9. The van der Waals surface area contributed by atoms with Crippen LogP contribution < -0.4 is 14.8 Å². The first kappa shape index (κ1) is 23.3. The van der Waals surface area contributed by atoms with Crippen LogP contribution >= 0.6 is 0 Å². The number of carbonyl (C=O) groups excluding carboxylic acids is 1. The fourth-order valence-corrected chi connectivity index (χ4v) is 3.43. The van der Waals surface area contributed by atoms with Gasteiger partial charge in [-0.3, -0.25) is 4.79 Å². The van der Waals surface area contributed by atoms with Crippen molar-refractivity contribution in [2.75, 3.05) is 20.3 Å². The number of fused-ring (bicyclic) bond motifs is 1. The monoisotopic (exact) mass is 461 g/mol. The van der Waals surface area contributed by atoms with E-state index in [0.717, 1.165) is 23.3 Å². The van der Waals surface area contributed by atoms with E-state index < -0.39 is 0 Å². The zero-order chi connectivity index (χ0) is 23.9. The molecule has 0 radical (unpaired) electrons. The smallest absolute Gasteiger partial charge is 0.246 e. The third-order valence-electron chi connectivity index (χ3n) is 5.09. The average Bonchev–Trinajstić information content (AvgIpc) is 3.26. The number of pyridine rings is 1. The quantitative estimate of drug-likeness (QED) is 0.320. The van der Waals surface area contributed by atoms with Gasteiger partial charge in [-0.1, -0.05) is 12.1 Å². The third-order valence-corrected chi connectivity index (χ3v) is 5.09. The summed E-state index contributed by atoms with van der Waals surface area (Å²) in [4.78, 5) is 20.3. The SMILES string of the molecule is COCCCOc1cccc(Oc2ccc(-c3nc4ccc(C(C)NC(C)=O)cc4o3)nc2)c1. The molecule has 0 spiro atoms. The largest absolute Gasteiger partial charge is 0.493 e. The van der Waals surface area contributed by atoms with Gasteiger partial charge in [-0.15, -0.1) is 0 Å². The van der Waals surface area contributed by atoms with Gasteiger partial charge in [-0.05, 0) is 48.9 Å². The molecule has 8 heteroatoms. The van der Waals surface area contributed by atoms with Gasteiger partial charge in [0, 0.05) is 33.1 Å². The van der Waals surface area contributed by atoms with E-state index in [0.29, 0.717) is 41.9 Å². The van der Waals surface area contributed by atoms with E-state index in [-0.39, 0.29) is 11.9 Å². The summed E-state index contributed by atoms with van der Waals surface area (Å²) < 4.78 is 22.6. The molecule has 4 rings (SSSR count). The van der Waals surface area contributed by atoms with E-state index in [1.165, 1.54) is 6.92 Å². The number of oxazole rings is 1. The molecule has 1 N–H and O–H groups in total. The molecule has 176 valence electrons. The van der Waals surface area contributed by atoms with Crippen molar-refractivity contribution in [3.63, 3.8) is 0 Å². The molecule has 0 aliphatic rings. The Hall–Kier alpha value is -3.91. The molecule has 0 saturated heterocycles. The van der Waals surface area contributed by atoms with Gasteiger partial charge in [0.25, 0.3) is 0 Å². The minimum atomic E-state index is -0.126. The number of hydrogen-bond donors (Lipinski definition) is 1. The second-order valence-corrected chi connectivity index (χ2v) is 7.82. The Balaban J connectivity index is 1.44. The zero-order valence-electron chi connectivity index (χ0n) is 19.4.